The molecule has 1 aliphatic carbocycles. The zero-order chi connectivity index (χ0) is 25.5. The summed E-state index contributed by atoms with van der Waals surface area (Å²) in [6, 6.07) is 5.65. The molecule has 7 nitrogen and oxygen atoms in total. The smallest absolute Gasteiger partial charge is 0.303 e. The Balaban J connectivity index is 1.43. The number of nitrogens with zero attached hydrogens (tertiary/aromatic N) is 2. The van der Waals surface area contributed by atoms with Crippen molar-refractivity contribution >= 4 is 16.9 Å². The highest BCUT2D eigenvalue weighted by Crippen LogP contribution is 2.42. The molecule has 1 aromatic heterocycles. The number of aliphatic hydroxyl groups excluding tert-OH is 1. The Labute approximate surface area is 215 Å². The summed E-state index contributed by atoms with van der Waals surface area (Å²) in [4.78, 5) is 18.9. The Bertz CT molecular complexity index is 1010. The van der Waals surface area contributed by atoms with Crippen LogP contribution in [0.15, 0.2) is 24.4 Å². The summed E-state index contributed by atoms with van der Waals surface area (Å²) in [6.07, 6.45) is 12.2. The first-order valence-corrected chi connectivity index (χ1v) is 13.7. The Morgan fingerprint density at radius 1 is 1.25 bits per heavy atom. The van der Waals surface area contributed by atoms with Crippen LogP contribution in [0.2, 0.25) is 0 Å². The van der Waals surface area contributed by atoms with Crippen LogP contribution < -0.4 is 10.5 Å². The van der Waals surface area contributed by atoms with E-state index in [1.54, 1.807) is 13.3 Å². The van der Waals surface area contributed by atoms with Crippen molar-refractivity contribution < 1.29 is 19.7 Å². The van der Waals surface area contributed by atoms with Crippen LogP contribution in [0.5, 0.6) is 5.75 Å². The van der Waals surface area contributed by atoms with E-state index in [0.29, 0.717) is 18.6 Å². The number of benzene rings is 1. The molecule has 2 fully saturated rings. The summed E-state index contributed by atoms with van der Waals surface area (Å²) in [6.45, 7) is 3.29. The second-order valence-corrected chi connectivity index (χ2v) is 11.0. The van der Waals surface area contributed by atoms with Gasteiger partial charge in [-0.15, -0.1) is 0 Å². The number of piperidine rings is 1. The second-order valence-electron chi connectivity index (χ2n) is 11.0. The summed E-state index contributed by atoms with van der Waals surface area (Å²) in [5.41, 5.74) is 8.12. The molecule has 4 rings (SSSR count). The molecule has 0 spiro atoms. The summed E-state index contributed by atoms with van der Waals surface area (Å²) >= 11 is 0. The number of methoxy groups -OCH3 is 1. The molecule has 36 heavy (non-hydrogen) atoms. The number of carboxylic acids is 1. The largest absolute Gasteiger partial charge is 0.497 e. The molecule has 0 bridgehead atoms. The van der Waals surface area contributed by atoms with E-state index in [2.05, 4.69) is 9.88 Å². The van der Waals surface area contributed by atoms with Gasteiger partial charge in [-0.3, -0.25) is 9.78 Å². The number of likely N-dealkylation sites (tertiary alicyclic amines) is 1. The molecule has 2 aromatic rings. The molecule has 2 heterocycles. The number of pyridine rings is 1. The van der Waals surface area contributed by atoms with E-state index in [9.17, 15) is 15.0 Å². The molecule has 0 unspecified atom stereocenters. The third-order valence-corrected chi connectivity index (χ3v) is 8.72. The van der Waals surface area contributed by atoms with Gasteiger partial charge in [-0.05, 0) is 92.4 Å². The minimum absolute atomic E-state index is 0.158. The number of carbonyl (C=O) groups is 1. The Hall–Kier alpha value is -2.22. The SMILES string of the molecule is COc1ccc2ncc(CN)c([C@H](O)CCC3(CC(=O)O)CCN(CCC4CCCCC4)CC3)c2c1. The number of aromatic nitrogens is 1. The van der Waals surface area contributed by atoms with Crippen molar-refractivity contribution in [2.24, 2.45) is 17.1 Å². The molecular weight excluding hydrogens is 454 g/mol. The lowest BCUT2D eigenvalue weighted by atomic mass is 9.71. The van der Waals surface area contributed by atoms with Crippen molar-refractivity contribution in [3.05, 3.63) is 35.5 Å². The molecule has 1 saturated carbocycles. The summed E-state index contributed by atoms with van der Waals surface area (Å²) in [7, 11) is 1.62. The first kappa shape index (κ1) is 26.8. The van der Waals surface area contributed by atoms with Gasteiger partial charge in [-0.2, -0.15) is 0 Å². The summed E-state index contributed by atoms with van der Waals surface area (Å²) in [5, 5.41) is 21.9. The van der Waals surface area contributed by atoms with Crippen LogP contribution in [0.1, 0.15) is 87.9 Å². The van der Waals surface area contributed by atoms with Gasteiger partial charge in [0.1, 0.15) is 5.75 Å². The van der Waals surface area contributed by atoms with E-state index in [1.165, 1.54) is 38.5 Å². The van der Waals surface area contributed by atoms with Gasteiger partial charge in [0.05, 0.1) is 25.2 Å². The average Bonchev–Trinajstić information content (AvgIpc) is 2.90. The van der Waals surface area contributed by atoms with Crippen molar-refractivity contribution in [1.29, 1.82) is 0 Å². The minimum atomic E-state index is -0.748. The van der Waals surface area contributed by atoms with Crippen LogP contribution in [0.4, 0.5) is 0 Å². The first-order valence-electron chi connectivity index (χ1n) is 13.7. The molecule has 7 heteroatoms. The van der Waals surface area contributed by atoms with E-state index in [0.717, 1.165) is 60.4 Å². The number of hydrogen-bond acceptors (Lipinski definition) is 6. The van der Waals surface area contributed by atoms with Gasteiger partial charge in [0.25, 0.3) is 0 Å². The Kier molecular flexibility index (Phi) is 9.20. The van der Waals surface area contributed by atoms with Crippen LogP contribution in [-0.2, 0) is 11.3 Å². The number of nitrogens with two attached hydrogens (primary N) is 1. The van der Waals surface area contributed by atoms with Crippen LogP contribution in [0.3, 0.4) is 0 Å². The standard InChI is InChI=1S/C29H43N3O4/c1-36-23-7-8-25-24(17-23)28(22(19-30)20-31-25)26(33)9-11-29(18-27(34)35)12-15-32(16-13-29)14-10-21-5-3-2-4-6-21/h7-8,17,20-21,26,33H,2-6,9-16,18-19,30H2,1H3,(H,34,35)/t26-/m1/s1. The lowest BCUT2D eigenvalue weighted by Crippen LogP contribution is -2.42. The highest BCUT2D eigenvalue weighted by Gasteiger charge is 2.37. The fraction of sp³-hybridized carbons (Fsp3) is 0.655. The topological polar surface area (TPSA) is 109 Å². The van der Waals surface area contributed by atoms with E-state index in [4.69, 9.17) is 10.5 Å². The molecule has 1 aliphatic heterocycles. The molecule has 198 valence electrons. The van der Waals surface area contributed by atoms with Gasteiger partial charge in [0.15, 0.2) is 0 Å². The third kappa shape index (κ3) is 6.55. The lowest BCUT2D eigenvalue weighted by molar-refractivity contribution is -0.141. The number of aliphatic hydroxyl groups is 1. The molecular formula is C29H43N3O4. The van der Waals surface area contributed by atoms with Crippen molar-refractivity contribution in [3.63, 3.8) is 0 Å². The number of fused-ring (bicyclic) bond motifs is 1. The van der Waals surface area contributed by atoms with Gasteiger partial charge in [-0.25, -0.2) is 0 Å². The summed E-state index contributed by atoms with van der Waals surface area (Å²) < 4.78 is 5.40. The van der Waals surface area contributed by atoms with Crippen molar-refractivity contribution in [1.82, 2.24) is 9.88 Å². The lowest BCUT2D eigenvalue weighted by Gasteiger charge is -2.42. The van der Waals surface area contributed by atoms with Crippen molar-refractivity contribution in [2.75, 3.05) is 26.7 Å². The van der Waals surface area contributed by atoms with Crippen molar-refractivity contribution in [2.45, 2.75) is 83.3 Å². The van der Waals surface area contributed by atoms with Gasteiger partial charge in [0, 0.05) is 18.1 Å². The molecule has 1 aromatic carbocycles. The summed E-state index contributed by atoms with van der Waals surface area (Å²) in [5.74, 6) is 0.821. The predicted molar refractivity (Wildman–Crippen MR) is 142 cm³/mol. The zero-order valence-electron chi connectivity index (χ0n) is 21.8. The van der Waals surface area contributed by atoms with Crippen LogP contribution in [0, 0.1) is 11.3 Å². The first-order chi connectivity index (χ1) is 17.4. The van der Waals surface area contributed by atoms with Gasteiger partial charge in [0.2, 0.25) is 0 Å². The highest BCUT2D eigenvalue weighted by atomic mass is 16.5. The number of hydrogen-bond donors (Lipinski definition) is 3. The maximum absolute atomic E-state index is 11.8. The molecule has 4 N–H and O–H groups in total. The molecule has 1 saturated heterocycles. The fourth-order valence-electron chi connectivity index (χ4n) is 6.43. The van der Waals surface area contributed by atoms with Gasteiger partial charge >= 0.3 is 5.97 Å². The Morgan fingerprint density at radius 2 is 2.00 bits per heavy atom. The molecule has 1 atom stereocenters. The van der Waals surface area contributed by atoms with Crippen LogP contribution in [-0.4, -0.2) is 52.8 Å². The predicted octanol–water partition coefficient (Wildman–Crippen LogP) is 5.04. The number of rotatable bonds is 11. The van der Waals surface area contributed by atoms with Crippen molar-refractivity contribution in [3.8, 4) is 5.75 Å². The van der Waals surface area contributed by atoms with E-state index < -0.39 is 12.1 Å². The third-order valence-electron chi connectivity index (χ3n) is 8.72. The monoisotopic (exact) mass is 497 g/mol. The maximum Gasteiger partial charge on any atom is 0.303 e. The average molecular weight is 498 g/mol. The van der Waals surface area contributed by atoms with Gasteiger partial charge < -0.3 is 25.6 Å². The quantitative estimate of drug-likeness (QED) is 0.399. The normalized spacial score (nSPS) is 19.9. The minimum Gasteiger partial charge on any atom is -0.497 e. The van der Waals surface area contributed by atoms with Gasteiger partial charge in [-0.1, -0.05) is 32.1 Å². The zero-order valence-corrected chi connectivity index (χ0v) is 21.8. The highest BCUT2D eigenvalue weighted by molar-refractivity contribution is 5.85. The fourth-order valence-corrected chi connectivity index (χ4v) is 6.43. The second kappa shape index (κ2) is 12.3. The van der Waals surface area contributed by atoms with E-state index in [1.807, 2.05) is 18.2 Å². The molecule has 2 aliphatic rings. The number of aliphatic carboxylic acids is 1. The number of carboxylic acid groups (broad SMARTS) is 1. The maximum atomic E-state index is 11.8. The molecule has 0 radical (unpaired) electrons. The van der Waals surface area contributed by atoms with Crippen LogP contribution in [0.25, 0.3) is 10.9 Å². The Morgan fingerprint density at radius 3 is 2.67 bits per heavy atom. The van der Waals surface area contributed by atoms with E-state index >= 15 is 0 Å². The van der Waals surface area contributed by atoms with E-state index in [-0.39, 0.29) is 18.4 Å². The molecule has 0 amide bonds. The number of ether oxygens (including phenoxy) is 1. The van der Waals surface area contributed by atoms with Crippen LogP contribution >= 0.6 is 0 Å².